The van der Waals surface area contributed by atoms with Crippen molar-refractivity contribution in [1.82, 2.24) is 4.98 Å². The lowest BCUT2D eigenvalue weighted by Crippen LogP contribution is -1.98. The van der Waals surface area contributed by atoms with E-state index in [2.05, 4.69) is 157 Å². The zero-order chi connectivity index (χ0) is 36.7. The van der Waals surface area contributed by atoms with Crippen LogP contribution in [0.5, 0.6) is 0 Å². The summed E-state index contributed by atoms with van der Waals surface area (Å²) >= 11 is 0. The summed E-state index contributed by atoms with van der Waals surface area (Å²) in [7, 11) is 0. The molecule has 3 nitrogen and oxygen atoms in total. The van der Waals surface area contributed by atoms with Crippen LogP contribution in [-0.2, 0) is 0 Å². The van der Waals surface area contributed by atoms with Crippen molar-refractivity contribution in [2.45, 2.75) is 0 Å². The average Bonchev–Trinajstić information content (AvgIpc) is 3.65. The first-order chi connectivity index (χ1) is 27.2. The number of para-hydroxylation sites is 1. The van der Waals surface area contributed by atoms with Crippen LogP contribution in [0.4, 0.5) is 0 Å². The van der Waals surface area contributed by atoms with Crippen LogP contribution in [0.25, 0.3) is 88.3 Å². The summed E-state index contributed by atoms with van der Waals surface area (Å²) in [4.78, 5) is 9.25. The minimum Gasteiger partial charge on any atom is -0.456 e. The van der Waals surface area contributed by atoms with Gasteiger partial charge in [0.25, 0.3) is 0 Å². The molecular weight excluding hydrogens is 669 g/mol. The van der Waals surface area contributed by atoms with Gasteiger partial charge < -0.3 is 4.42 Å². The SMILES string of the molecule is C=C(N=C(/C=C/c1ccccc1)c1ccc(-c2ccc3c(c2)c2ccccc2c2ccc4oc5ccccc5c4c23)cc1)c1ccc(-c2ccncc2)cc1. The minimum atomic E-state index is 0.700. The number of aliphatic imine (C=N–C) groups is 1. The predicted molar refractivity (Wildman–Crippen MR) is 232 cm³/mol. The quantitative estimate of drug-likeness (QED) is 0.122. The third kappa shape index (κ3) is 5.89. The molecule has 0 atom stereocenters. The Balaban J connectivity index is 1.05. The first-order valence-electron chi connectivity index (χ1n) is 18.5. The van der Waals surface area contributed by atoms with Crippen molar-refractivity contribution < 1.29 is 4.42 Å². The van der Waals surface area contributed by atoms with Gasteiger partial charge >= 0.3 is 0 Å². The van der Waals surface area contributed by atoms with Gasteiger partial charge in [-0.1, -0.05) is 146 Å². The van der Waals surface area contributed by atoms with Gasteiger partial charge in [0.2, 0.25) is 0 Å². The highest BCUT2D eigenvalue weighted by Crippen LogP contribution is 2.43. The summed E-state index contributed by atoms with van der Waals surface area (Å²) in [5.74, 6) is 0. The van der Waals surface area contributed by atoms with E-state index in [-0.39, 0.29) is 0 Å². The third-order valence-electron chi connectivity index (χ3n) is 10.6. The van der Waals surface area contributed by atoms with Crippen LogP contribution < -0.4 is 0 Å². The Morgan fingerprint density at radius 3 is 1.82 bits per heavy atom. The van der Waals surface area contributed by atoms with Crippen molar-refractivity contribution in [3.63, 3.8) is 0 Å². The molecule has 3 heteroatoms. The fourth-order valence-electron chi connectivity index (χ4n) is 7.82. The van der Waals surface area contributed by atoms with Crippen LogP contribution in [0.1, 0.15) is 16.7 Å². The zero-order valence-corrected chi connectivity index (χ0v) is 30.0. The lowest BCUT2D eigenvalue weighted by Gasteiger charge is -2.13. The van der Waals surface area contributed by atoms with Crippen LogP contribution in [0.15, 0.2) is 204 Å². The molecule has 0 radical (unpaired) electrons. The molecule has 2 heterocycles. The zero-order valence-electron chi connectivity index (χ0n) is 30.0. The molecule has 0 bridgehead atoms. The van der Waals surface area contributed by atoms with Crippen LogP contribution in [0.2, 0.25) is 0 Å². The first-order valence-corrected chi connectivity index (χ1v) is 18.5. The van der Waals surface area contributed by atoms with Gasteiger partial charge in [-0.3, -0.25) is 4.98 Å². The Kier molecular flexibility index (Phi) is 7.96. The van der Waals surface area contributed by atoms with E-state index in [0.29, 0.717) is 5.70 Å². The summed E-state index contributed by atoms with van der Waals surface area (Å²) in [6, 6.07) is 59.7. The third-order valence-corrected chi connectivity index (χ3v) is 10.6. The Labute approximate surface area is 318 Å². The molecule has 2 aromatic heterocycles. The van der Waals surface area contributed by atoms with Crippen LogP contribution in [0, 0.1) is 0 Å². The monoisotopic (exact) mass is 702 g/mol. The standard InChI is InChI=1S/C52H34N2O/c1-34(36-16-18-37(19-17-36)39-29-31-53-32-30-39)54-48(27-15-35-9-3-2-4-10-35)40-22-20-38(21-23-40)41-24-25-45-47(33-41)43-12-6-5-11-42(43)44-26-28-50-52(51(44)45)46-13-7-8-14-49(46)55-50/h2-33H,1H2/b27-15+,54-48?. The second-order valence-electron chi connectivity index (χ2n) is 13.8. The number of rotatable bonds is 7. The highest BCUT2D eigenvalue weighted by atomic mass is 16.3. The number of fused-ring (bicyclic) bond motifs is 10. The second kappa shape index (κ2) is 13.6. The fourth-order valence-corrected chi connectivity index (χ4v) is 7.82. The summed E-state index contributed by atoms with van der Waals surface area (Å²) in [5.41, 5.74) is 11.0. The number of aromatic nitrogens is 1. The molecule has 0 amide bonds. The van der Waals surface area contributed by atoms with E-state index < -0.39 is 0 Å². The number of benzene rings is 8. The van der Waals surface area contributed by atoms with Crippen molar-refractivity contribution in [2.24, 2.45) is 4.99 Å². The molecule has 0 saturated heterocycles. The molecule has 55 heavy (non-hydrogen) atoms. The summed E-state index contributed by atoms with van der Waals surface area (Å²) in [6.07, 6.45) is 7.81. The van der Waals surface area contributed by atoms with Crippen LogP contribution in [-0.4, -0.2) is 10.7 Å². The normalized spacial score (nSPS) is 12.1. The van der Waals surface area contributed by atoms with Gasteiger partial charge in [-0.2, -0.15) is 0 Å². The van der Waals surface area contributed by atoms with Gasteiger partial charge in [0, 0.05) is 34.1 Å². The molecule has 0 spiro atoms. The lowest BCUT2D eigenvalue weighted by molar-refractivity contribution is 0.669. The molecule has 0 saturated carbocycles. The van der Waals surface area contributed by atoms with Crippen molar-refractivity contribution in [3.05, 3.63) is 212 Å². The molecule has 0 unspecified atom stereocenters. The van der Waals surface area contributed by atoms with E-state index in [1.54, 1.807) is 0 Å². The second-order valence-corrected chi connectivity index (χ2v) is 13.8. The van der Waals surface area contributed by atoms with E-state index >= 15 is 0 Å². The molecule has 8 aromatic carbocycles. The van der Waals surface area contributed by atoms with E-state index in [1.165, 1.54) is 37.7 Å². The number of nitrogens with zero attached hydrogens (tertiary/aromatic N) is 2. The van der Waals surface area contributed by atoms with Crippen molar-refractivity contribution >= 4 is 71.7 Å². The molecule has 258 valence electrons. The van der Waals surface area contributed by atoms with Gasteiger partial charge in [-0.15, -0.1) is 0 Å². The van der Waals surface area contributed by atoms with Gasteiger partial charge in [-0.05, 0) is 103 Å². The Bertz CT molecular complexity index is 3120. The molecule has 0 N–H and O–H groups in total. The van der Waals surface area contributed by atoms with E-state index in [9.17, 15) is 0 Å². The van der Waals surface area contributed by atoms with E-state index in [0.717, 1.165) is 61.2 Å². The lowest BCUT2D eigenvalue weighted by atomic mass is 9.90. The molecule has 10 rings (SSSR count). The van der Waals surface area contributed by atoms with E-state index in [4.69, 9.17) is 9.41 Å². The molecule has 0 aliphatic carbocycles. The molecule has 10 aromatic rings. The van der Waals surface area contributed by atoms with Gasteiger partial charge in [0.05, 0.1) is 11.4 Å². The Morgan fingerprint density at radius 1 is 0.473 bits per heavy atom. The summed E-state index contributed by atoms with van der Waals surface area (Å²) in [5, 5.41) is 9.70. The van der Waals surface area contributed by atoms with Crippen molar-refractivity contribution in [3.8, 4) is 22.3 Å². The summed E-state index contributed by atoms with van der Waals surface area (Å²) < 4.78 is 6.34. The van der Waals surface area contributed by atoms with Crippen LogP contribution >= 0.6 is 0 Å². The highest BCUT2D eigenvalue weighted by Gasteiger charge is 2.16. The van der Waals surface area contributed by atoms with Gasteiger partial charge in [-0.25, -0.2) is 4.99 Å². The maximum absolute atomic E-state index is 6.34. The fraction of sp³-hybridized carbons (Fsp3) is 0. The van der Waals surface area contributed by atoms with Gasteiger partial charge in [0.15, 0.2) is 0 Å². The van der Waals surface area contributed by atoms with Crippen molar-refractivity contribution in [1.29, 1.82) is 0 Å². The first kappa shape index (κ1) is 32.3. The van der Waals surface area contributed by atoms with Gasteiger partial charge in [0.1, 0.15) is 11.2 Å². The average molecular weight is 703 g/mol. The maximum Gasteiger partial charge on any atom is 0.136 e. The molecule has 0 fully saturated rings. The largest absolute Gasteiger partial charge is 0.456 e. The predicted octanol–water partition coefficient (Wildman–Crippen LogP) is 13.9. The summed E-state index contributed by atoms with van der Waals surface area (Å²) in [6.45, 7) is 4.38. The number of hydrogen-bond donors (Lipinski definition) is 0. The van der Waals surface area contributed by atoms with Crippen LogP contribution in [0.3, 0.4) is 0 Å². The Hall–Kier alpha value is -7.36. The number of allylic oxidation sites excluding steroid dienone is 1. The smallest absolute Gasteiger partial charge is 0.136 e. The number of furan rings is 1. The van der Waals surface area contributed by atoms with Crippen molar-refractivity contribution in [2.75, 3.05) is 0 Å². The van der Waals surface area contributed by atoms with E-state index in [1.807, 2.05) is 48.8 Å². The maximum atomic E-state index is 6.34. The highest BCUT2D eigenvalue weighted by molar-refractivity contribution is 6.34. The number of pyridine rings is 1. The Morgan fingerprint density at radius 2 is 1.05 bits per heavy atom. The number of hydrogen-bond acceptors (Lipinski definition) is 3. The topological polar surface area (TPSA) is 38.4 Å². The molecule has 0 aliphatic heterocycles. The molecule has 0 aliphatic rings. The molecular formula is C52H34N2O. The minimum absolute atomic E-state index is 0.700.